The fourth-order valence-corrected chi connectivity index (χ4v) is 1.56. The Morgan fingerprint density at radius 3 is 2.25 bits per heavy atom. The summed E-state index contributed by atoms with van der Waals surface area (Å²) in [6.07, 6.45) is 0. The Balaban J connectivity index is 2.19. The van der Waals surface area contributed by atoms with Crippen LogP contribution < -0.4 is 10.9 Å². The highest BCUT2D eigenvalue weighted by molar-refractivity contribution is 6.04. The first-order valence-electron chi connectivity index (χ1n) is 5.54. The SMILES string of the molecule is O=C(O)c1ccc(NC(=O)c2cc(O)[nH]c(=O)c2)cc1. The average molecular weight is 274 g/mol. The second-order valence-electron chi connectivity index (χ2n) is 3.96. The molecule has 1 amide bonds. The van der Waals surface area contributed by atoms with Crippen molar-refractivity contribution in [2.75, 3.05) is 5.32 Å². The van der Waals surface area contributed by atoms with E-state index in [2.05, 4.69) is 10.3 Å². The molecule has 102 valence electrons. The van der Waals surface area contributed by atoms with Crippen LogP contribution in [0.4, 0.5) is 5.69 Å². The Hall–Kier alpha value is -3.09. The number of hydrogen-bond donors (Lipinski definition) is 4. The smallest absolute Gasteiger partial charge is 0.335 e. The van der Waals surface area contributed by atoms with Gasteiger partial charge in [-0.15, -0.1) is 0 Å². The van der Waals surface area contributed by atoms with Crippen molar-refractivity contribution in [1.82, 2.24) is 4.98 Å². The van der Waals surface area contributed by atoms with Crippen LogP contribution in [0.2, 0.25) is 0 Å². The fraction of sp³-hybridized carbons (Fsp3) is 0. The van der Waals surface area contributed by atoms with E-state index in [-0.39, 0.29) is 11.1 Å². The molecule has 0 fully saturated rings. The molecule has 0 aliphatic rings. The number of anilines is 1. The summed E-state index contributed by atoms with van der Waals surface area (Å²) in [5, 5.41) is 20.4. The van der Waals surface area contributed by atoms with Crippen LogP contribution >= 0.6 is 0 Å². The molecular formula is C13H10N2O5. The van der Waals surface area contributed by atoms with Gasteiger partial charge < -0.3 is 15.5 Å². The maximum atomic E-state index is 11.8. The number of carboxylic acids is 1. The summed E-state index contributed by atoms with van der Waals surface area (Å²) in [6, 6.07) is 7.69. The van der Waals surface area contributed by atoms with Crippen LogP contribution in [0.5, 0.6) is 5.88 Å². The topological polar surface area (TPSA) is 119 Å². The van der Waals surface area contributed by atoms with Crippen molar-refractivity contribution in [3.63, 3.8) is 0 Å². The molecule has 0 unspecified atom stereocenters. The predicted octanol–water partition coefficient (Wildman–Crippen LogP) is 1.03. The number of rotatable bonds is 3. The highest BCUT2D eigenvalue weighted by atomic mass is 16.4. The number of aromatic nitrogens is 1. The van der Waals surface area contributed by atoms with Gasteiger partial charge in [-0.05, 0) is 24.3 Å². The van der Waals surface area contributed by atoms with Crippen molar-refractivity contribution < 1.29 is 19.8 Å². The van der Waals surface area contributed by atoms with E-state index in [4.69, 9.17) is 5.11 Å². The molecule has 1 heterocycles. The van der Waals surface area contributed by atoms with Crippen molar-refractivity contribution >= 4 is 17.6 Å². The van der Waals surface area contributed by atoms with Crippen LogP contribution in [0.25, 0.3) is 0 Å². The second-order valence-corrected chi connectivity index (χ2v) is 3.96. The van der Waals surface area contributed by atoms with Gasteiger partial charge in [-0.1, -0.05) is 0 Å². The van der Waals surface area contributed by atoms with Crippen molar-refractivity contribution in [3.8, 4) is 5.88 Å². The molecule has 0 spiro atoms. The second kappa shape index (κ2) is 5.27. The molecule has 7 nitrogen and oxygen atoms in total. The van der Waals surface area contributed by atoms with E-state index in [0.717, 1.165) is 12.1 Å². The lowest BCUT2D eigenvalue weighted by Crippen LogP contribution is -2.15. The molecule has 0 aliphatic carbocycles. The van der Waals surface area contributed by atoms with E-state index >= 15 is 0 Å². The lowest BCUT2D eigenvalue weighted by Gasteiger charge is -2.05. The number of carbonyl (C=O) groups excluding carboxylic acids is 1. The van der Waals surface area contributed by atoms with Crippen LogP contribution in [-0.4, -0.2) is 27.1 Å². The Labute approximate surface area is 112 Å². The van der Waals surface area contributed by atoms with Gasteiger partial charge in [0, 0.05) is 17.8 Å². The van der Waals surface area contributed by atoms with Gasteiger partial charge in [0.15, 0.2) is 5.88 Å². The third-order valence-electron chi connectivity index (χ3n) is 2.48. The van der Waals surface area contributed by atoms with Gasteiger partial charge in [0.05, 0.1) is 11.1 Å². The summed E-state index contributed by atoms with van der Waals surface area (Å²) < 4.78 is 0. The number of pyridine rings is 1. The van der Waals surface area contributed by atoms with Crippen LogP contribution in [0, 0.1) is 0 Å². The Morgan fingerprint density at radius 2 is 1.70 bits per heavy atom. The van der Waals surface area contributed by atoms with Crippen molar-refractivity contribution in [2.24, 2.45) is 0 Å². The molecule has 7 heteroatoms. The summed E-state index contributed by atoms with van der Waals surface area (Å²) in [6.45, 7) is 0. The lowest BCUT2D eigenvalue weighted by molar-refractivity contribution is 0.0696. The van der Waals surface area contributed by atoms with Crippen molar-refractivity contribution in [2.45, 2.75) is 0 Å². The molecule has 4 N–H and O–H groups in total. The number of aromatic hydroxyl groups is 1. The molecule has 0 radical (unpaired) electrons. The highest BCUT2D eigenvalue weighted by Gasteiger charge is 2.09. The first-order chi connectivity index (χ1) is 9.45. The van der Waals surface area contributed by atoms with Crippen molar-refractivity contribution in [1.29, 1.82) is 0 Å². The van der Waals surface area contributed by atoms with Crippen molar-refractivity contribution in [3.05, 3.63) is 57.9 Å². The first kappa shape index (κ1) is 13.3. The lowest BCUT2D eigenvalue weighted by atomic mass is 10.2. The summed E-state index contributed by atoms with van der Waals surface area (Å²) in [5.74, 6) is -2.07. The van der Waals surface area contributed by atoms with Gasteiger partial charge in [0.2, 0.25) is 0 Å². The molecular weight excluding hydrogens is 264 g/mol. The summed E-state index contributed by atoms with van der Waals surface area (Å²) in [4.78, 5) is 35.8. The van der Waals surface area contributed by atoms with Crippen LogP contribution in [-0.2, 0) is 0 Å². The van der Waals surface area contributed by atoms with E-state index in [1.165, 1.54) is 24.3 Å². The van der Waals surface area contributed by atoms with E-state index in [1.54, 1.807) is 0 Å². The predicted molar refractivity (Wildman–Crippen MR) is 70.1 cm³/mol. The minimum atomic E-state index is -1.07. The Bertz CT molecular complexity index is 718. The summed E-state index contributed by atoms with van der Waals surface area (Å²) in [7, 11) is 0. The third kappa shape index (κ3) is 3.02. The summed E-state index contributed by atoms with van der Waals surface area (Å²) >= 11 is 0. The molecule has 1 aromatic heterocycles. The molecule has 20 heavy (non-hydrogen) atoms. The molecule has 2 aromatic rings. The molecule has 0 saturated carbocycles. The maximum absolute atomic E-state index is 11.8. The van der Waals surface area contributed by atoms with Gasteiger partial charge in [0.1, 0.15) is 0 Å². The maximum Gasteiger partial charge on any atom is 0.335 e. The van der Waals surface area contributed by atoms with Crippen LogP contribution in [0.15, 0.2) is 41.2 Å². The van der Waals surface area contributed by atoms with Crippen LogP contribution in [0.1, 0.15) is 20.7 Å². The molecule has 0 atom stereocenters. The van der Waals surface area contributed by atoms with Gasteiger partial charge in [-0.3, -0.25) is 14.6 Å². The number of nitrogens with one attached hydrogen (secondary N) is 2. The van der Waals surface area contributed by atoms with Gasteiger partial charge in [-0.2, -0.15) is 0 Å². The van der Waals surface area contributed by atoms with E-state index < -0.39 is 23.3 Å². The molecule has 0 saturated heterocycles. The van der Waals surface area contributed by atoms with E-state index in [1.807, 2.05) is 0 Å². The normalized spacial score (nSPS) is 10.0. The quantitative estimate of drug-likeness (QED) is 0.666. The Morgan fingerprint density at radius 1 is 1.05 bits per heavy atom. The fourth-order valence-electron chi connectivity index (χ4n) is 1.56. The summed E-state index contributed by atoms with van der Waals surface area (Å²) in [5.41, 5.74) is -0.137. The minimum Gasteiger partial charge on any atom is -0.494 e. The number of benzene rings is 1. The molecule has 0 bridgehead atoms. The largest absolute Gasteiger partial charge is 0.494 e. The number of hydrogen-bond acceptors (Lipinski definition) is 4. The average Bonchev–Trinajstić information content (AvgIpc) is 2.38. The number of H-pyrrole nitrogens is 1. The van der Waals surface area contributed by atoms with Gasteiger partial charge >= 0.3 is 5.97 Å². The van der Waals surface area contributed by atoms with E-state index in [0.29, 0.717) is 5.69 Å². The monoisotopic (exact) mass is 274 g/mol. The molecule has 2 rings (SSSR count). The van der Waals surface area contributed by atoms with Gasteiger partial charge in [0.25, 0.3) is 11.5 Å². The molecule has 1 aromatic carbocycles. The number of amides is 1. The van der Waals surface area contributed by atoms with E-state index in [9.17, 15) is 19.5 Å². The number of aromatic amines is 1. The Kier molecular flexibility index (Phi) is 3.52. The zero-order valence-electron chi connectivity index (χ0n) is 10.1. The third-order valence-corrected chi connectivity index (χ3v) is 2.48. The first-order valence-corrected chi connectivity index (χ1v) is 5.54. The van der Waals surface area contributed by atoms with Crippen LogP contribution in [0.3, 0.4) is 0 Å². The standard InChI is InChI=1S/C13H10N2O5/c16-10-5-8(6-11(17)15-10)12(18)14-9-3-1-7(2-4-9)13(19)20/h1-6H,(H,14,18)(H,19,20)(H2,15,16,17). The number of carbonyl (C=O) groups is 2. The van der Waals surface area contributed by atoms with Gasteiger partial charge in [-0.25, -0.2) is 4.79 Å². The highest BCUT2D eigenvalue weighted by Crippen LogP contribution is 2.12. The number of aromatic carboxylic acids is 1. The minimum absolute atomic E-state index is 0.00596. The zero-order valence-corrected chi connectivity index (χ0v) is 10.1. The zero-order chi connectivity index (χ0) is 14.7. The number of carboxylic acid groups (broad SMARTS) is 1. The molecule has 0 aliphatic heterocycles.